The average Bonchev–Trinajstić information content (AvgIpc) is 2.84. The van der Waals surface area contributed by atoms with E-state index in [1.165, 1.54) is 12.4 Å². The number of thiocarbonyl (C=S) groups is 1. The van der Waals surface area contributed by atoms with Crippen LogP contribution in [0.4, 0.5) is 19.1 Å². The van der Waals surface area contributed by atoms with Gasteiger partial charge in [-0.25, -0.2) is 19.9 Å². The summed E-state index contributed by atoms with van der Waals surface area (Å²) in [6, 6.07) is 12.5. The Bertz CT molecular complexity index is 1110. The van der Waals surface area contributed by atoms with E-state index in [-0.39, 0.29) is 26.7 Å². The van der Waals surface area contributed by atoms with Crippen molar-refractivity contribution in [1.82, 2.24) is 25.3 Å². The Morgan fingerprint density at radius 3 is 2.44 bits per heavy atom. The summed E-state index contributed by atoms with van der Waals surface area (Å²) < 4.78 is 45.8. The molecular weight excluding hydrogens is 485 g/mol. The molecule has 0 unspecified atom stereocenters. The number of rotatable bonds is 6. The Hall–Kier alpha value is -2.83. The van der Waals surface area contributed by atoms with E-state index in [2.05, 4.69) is 42.7 Å². The lowest BCUT2D eigenvalue weighted by Gasteiger charge is -2.38. The second-order valence-electron chi connectivity index (χ2n) is 7.61. The van der Waals surface area contributed by atoms with E-state index < -0.39 is 11.9 Å². The molecular formula is C22H21F3N6OS2. The van der Waals surface area contributed by atoms with Crippen LogP contribution in [-0.2, 0) is 16.3 Å². The van der Waals surface area contributed by atoms with Crippen LogP contribution in [0.25, 0.3) is 0 Å². The molecule has 0 saturated carbocycles. The van der Waals surface area contributed by atoms with Crippen molar-refractivity contribution in [2.24, 2.45) is 0 Å². The smallest absolute Gasteiger partial charge is 0.381 e. The van der Waals surface area contributed by atoms with Crippen LogP contribution in [0.3, 0.4) is 0 Å². The standard InChI is InChI=1S/C22H21F3N6OS2/c23-22(24,25)16-13-17(34-20-26-9-4-10-27-20)30-18(29-16)31-19(33)28-14-21(7-11-32-12-8-21)15-5-2-1-3-6-15/h1-6,9-10,13H,7-8,11-12,14H2,(H2,28,29,30,31,33). The first-order chi connectivity index (χ1) is 16.3. The molecule has 178 valence electrons. The van der Waals surface area contributed by atoms with Gasteiger partial charge in [0.15, 0.2) is 16.0 Å². The average molecular weight is 507 g/mol. The van der Waals surface area contributed by atoms with Gasteiger partial charge in [0, 0.05) is 43.6 Å². The van der Waals surface area contributed by atoms with Gasteiger partial charge in [-0.3, -0.25) is 0 Å². The quantitative estimate of drug-likeness (QED) is 0.286. The third-order valence-corrected chi connectivity index (χ3v) is 6.44. The van der Waals surface area contributed by atoms with Crippen LogP contribution < -0.4 is 10.6 Å². The zero-order valence-electron chi connectivity index (χ0n) is 17.9. The first-order valence-corrected chi connectivity index (χ1v) is 11.7. The van der Waals surface area contributed by atoms with Crippen molar-refractivity contribution in [2.45, 2.75) is 34.6 Å². The minimum Gasteiger partial charge on any atom is -0.381 e. The number of aromatic nitrogens is 4. The van der Waals surface area contributed by atoms with Crippen molar-refractivity contribution < 1.29 is 17.9 Å². The first-order valence-electron chi connectivity index (χ1n) is 10.4. The molecule has 12 heteroatoms. The molecule has 0 atom stereocenters. The largest absolute Gasteiger partial charge is 0.433 e. The lowest BCUT2D eigenvalue weighted by molar-refractivity contribution is -0.141. The maximum Gasteiger partial charge on any atom is 0.433 e. The lowest BCUT2D eigenvalue weighted by Crippen LogP contribution is -2.45. The van der Waals surface area contributed by atoms with Crippen molar-refractivity contribution in [3.8, 4) is 0 Å². The Morgan fingerprint density at radius 2 is 1.76 bits per heavy atom. The molecule has 2 aromatic heterocycles. The zero-order chi connectivity index (χ0) is 24.0. The first kappa shape index (κ1) is 24.3. The summed E-state index contributed by atoms with van der Waals surface area (Å²) in [4.78, 5) is 15.8. The third kappa shape index (κ3) is 6.19. The van der Waals surface area contributed by atoms with Crippen molar-refractivity contribution in [1.29, 1.82) is 0 Å². The molecule has 0 aliphatic carbocycles. The highest BCUT2D eigenvalue weighted by Gasteiger charge is 2.35. The Kier molecular flexibility index (Phi) is 7.59. The van der Waals surface area contributed by atoms with Crippen molar-refractivity contribution in [3.05, 3.63) is 66.1 Å². The van der Waals surface area contributed by atoms with Gasteiger partial charge >= 0.3 is 6.18 Å². The normalized spacial score (nSPS) is 15.5. The Labute approximate surface area is 204 Å². The molecule has 2 N–H and O–H groups in total. The summed E-state index contributed by atoms with van der Waals surface area (Å²) in [5.74, 6) is -0.258. The number of halogens is 3. The molecule has 3 heterocycles. The van der Waals surface area contributed by atoms with E-state index in [4.69, 9.17) is 17.0 Å². The number of hydrogen-bond donors (Lipinski definition) is 2. The number of hydrogen-bond acceptors (Lipinski definition) is 7. The topological polar surface area (TPSA) is 84.9 Å². The fourth-order valence-electron chi connectivity index (χ4n) is 3.63. The summed E-state index contributed by atoms with van der Waals surface area (Å²) in [6.07, 6.45) is -0.0631. The van der Waals surface area contributed by atoms with Gasteiger partial charge in [0.2, 0.25) is 5.95 Å². The molecule has 1 aliphatic heterocycles. The molecule has 1 aromatic carbocycles. The summed E-state index contributed by atoms with van der Waals surface area (Å²) in [7, 11) is 0. The molecule has 1 saturated heterocycles. The molecule has 1 fully saturated rings. The van der Waals surface area contributed by atoms with Crippen LogP contribution in [0, 0.1) is 0 Å². The van der Waals surface area contributed by atoms with Crippen LogP contribution in [0.1, 0.15) is 24.1 Å². The van der Waals surface area contributed by atoms with E-state index >= 15 is 0 Å². The summed E-state index contributed by atoms with van der Waals surface area (Å²) in [5, 5.41) is 6.29. The Morgan fingerprint density at radius 1 is 1.06 bits per heavy atom. The second kappa shape index (κ2) is 10.6. The van der Waals surface area contributed by atoms with Crippen LogP contribution in [0.5, 0.6) is 0 Å². The highest BCUT2D eigenvalue weighted by Crippen LogP contribution is 2.35. The number of nitrogens with one attached hydrogen (secondary N) is 2. The van der Waals surface area contributed by atoms with Crippen molar-refractivity contribution >= 4 is 35.0 Å². The van der Waals surface area contributed by atoms with Crippen molar-refractivity contribution in [3.63, 3.8) is 0 Å². The fourth-order valence-corrected chi connectivity index (χ4v) is 4.51. The van der Waals surface area contributed by atoms with Crippen LogP contribution in [0.15, 0.2) is 65.0 Å². The van der Waals surface area contributed by atoms with E-state index in [1.54, 1.807) is 6.07 Å². The van der Waals surface area contributed by atoms with Gasteiger partial charge in [0.1, 0.15) is 5.03 Å². The molecule has 7 nitrogen and oxygen atoms in total. The van der Waals surface area contributed by atoms with Crippen LogP contribution >= 0.6 is 24.0 Å². The molecule has 4 rings (SSSR count). The number of alkyl halides is 3. The maximum absolute atomic E-state index is 13.4. The van der Waals surface area contributed by atoms with E-state index in [0.717, 1.165) is 36.2 Å². The van der Waals surface area contributed by atoms with Crippen LogP contribution in [-0.4, -0.2) is 44.8 Å². The lowest BCUT2D eigenvalue weighted by atomic mass is 9.74. The Balaban J connectivity index is 1.50. The minimum absolute atomic E-state index is 0.0454. The van der Waals surface area contributed by atoms with Gasteiger partial charge in [-0.2, -0.15) is 13.2 Å². The van der Waals surface area contributed by atoms with Gasteiger partial charge < -0.3 is 15.4 Å². The number of benzene rings is 1. The third-order valence-electron chi connectivity index (χ3n) is 5.38. The summed E-state index contributed by atoms with van der Waals surface area (Å²) >= 11 is 6.27. The van der Waals surface area contributed by atoms with E-state index in [9.17, 15) is 13.2 Å². The molecule has 0 spiro atoms. The highest BCUT2D eigenvalue weighted by atomic mass is 32.2. The fraction of sp³-hybridized carbons (Fsp3) is 0.318. The van der Waals surface area contributed by atoms with Crippen LogP contribution in [0.2, 0.25) is 0 Å². The maximum atomic E-state index is 13.4. The highest BCUT2D eigenvalue weighted by molar-refractivity contribution is 7.99. The van der Waals surface area contributed by atoms with Gasteiger partial charge in [0.05, 0.1) is 0 Å². The molecule has 1 aliphatic rings. The minimum atomic E-state index is -4.65. The molecule has 34 heavy (non-hydrogen) atoms. The van der Waals surface area contributed by atoms with E-state index in [0.29, 0.717) is 19.8 Å². The number of nitrogens with zero attached hydrogens (tertiary/aromatic N) is 4. The summed E-state index contributed by atoms with van der Waals surface area (Å²) in [6.45, 7) is 1.73. The predicted octanol–water partition coefficient (Wildman–Crippen LogP) is 4.47. The zero-order valence-corrected chi connectivity index (χ0v) is 19.5. The molecule has 0 bridgehead atoms. The van der Waals surface area contributed by atoms with E-state index in [1.807, 2.05) is 18.2 Å². The van der Waals surface area contributed by atoms with Gasteiger partial charge in [-0.05, 0) is 48.5 Å². The van der Waals surface area contributed by atoms with Gasteiger partial charge in [-0.1, -0.05) is 30.3 Å². The van der Waals surface area contributed by atoms with Crippen molar-refractivity contribution in [2.75, 3.05) is 25.1 Å². The van der Waals surface area contributed by atoms with Gasteiger partial charge in [-0.15, -0.1) is 0 Å². The SMILES string of the molecule is FC(F)(F)c1cc(Sc2ncccn2)nc(NC(=S)NCC2(c3ccccc3)CCOCC2)n1. The molecule has 0 radical (unpaired) electrons. The second-order valence-corrected chi connectivity index (χ2v) is 9.01. The number of ether oxygens (including phenoxy) is 1. The monoisotopic (exact) mass is 506 g/mol. The molecule has 0 amide bonds. The summed E-state index contributed by atoms with van der Waals surface area (Å²) in [5.41, 5.74) is -0.132. The molecule has 3 aromatic rings. The van der Waals surface area contributed by atoms with Gasteiger partial charge in [0.25, 0.3) is 0 Å². The number of anilines is 1. The predicted molar refractivity (Wildman–Crippen MR) is 126 cm³/mol.